The van der Waals surface area contributed by atoms with Gasteiger partial charge in [0, 0.05) is 29.8 Å². The maximum absolute atomic E-state index is 13.2. The van der Waals surface area contributed by atoms with Gasteiger partial charge in [0.05, 0.1) is 11.5 Å². The maximum Gasteiger partial charge on any atom is 0.332 e. The Balaban J connectivity index is 1.79. The molecule has 0 bridgehead atoms. The summed E-state index contributed by atoms with van der Waals surface area (Å²) in [6.45, 7) is 2.42. The van der Waals surface area contributed by atoms with E-state index in [1.54, 1.807) is 0 Å². The van der Waals surface area contributed by atoms with Crippen LogP contribution in [-0.2, 0) is 0 Å². The fraction of sp³-hybridized carbons (Fsp3) is 0.615. The van der Waals surface area contributed by atoms with Crippen LogP contribution in [0.2, 0.25) is 0 Å². The molecule has 0 aliphatic carbocycles. The SMILES string of the molecule is O=[N+]([O-])c1cc(Br)cnc1OCCCN1CCCC(F)C1. The van der Waals surface area contributed by atoms with Crippen LogP contribution in [-0.4, -0.2) is 47.2 Å². The molecule has 1 aliphatic heterocycles. The Kier molecular flexibility index (Phi) is 5.86. The molecule has 6 nitrogen and oxygen atoms in total. The van der Waals surface area contributed by atoms with Crippen molar-refractivity contribution in [3.8, 4) is 5.88 Å². The fourth-order valence-corrected chi connectivity index (χ4v) is 2.64. The first-order valence-corrected chi connectivity index (χ1v) is 7.64. The van der Waals surface area contributed by atoms with Gasteiger partial charge >= 0.3 is 5.69 Å². The van der Waals surface area contributed by atoms with E-state index in [1.807, 2.05) is 0 Å². The number of piperidine rings is 1. The molecule has 1 saturated heterocycles. The molecular weight excluding hydrogens is 345 g/mol. The predicted molar refractivity (Wildman–Crippen MR) is 79.3 cm³/mol. The molecule has 0 radical (unpaired) electrons. The maximum atomic E-state index is 13.2. The lowest BCUT2D eigenvalue weighted by atomic mass is 10.1. The third-order valence-corrected chi connectivity index (χ3v) is 3.73. The largest absolute Gasteiger partial charge is 0.473 e. The molecule has 1 atom stereocenters. The molecule has 0 amide bonds. The molecule has 0 saturated carbocycles. The standard InChI is InChI=1S/C13H17BrFN3O3/c14-10-7-12(18(19)20)13(16-8-10)21-6-2-5-17-4-1-3-11(15)9-17/h7-8,11H,1-6,9H2. The van der Waals surface area contributed by atoms with Gasteiger partial charge in [-0.25, -0.2) is 9.37 Å². The number of pyridine rings is 1. The first-order chi connectivity index (χ1) is 10.1. The highest BCUT2D eigenvalue weighted by atomic mass is 79.9. The van der Waals surface area contributed by atoms with E-state index in [4.69, 9.17) is 4.74 Å². The molecule has 1 aliphatic rings. The average molecular weight is 362 g/mol. The topological polar surface area (TPSA) is 68.5 Å². The molecule has 116 valence electrons. The van der Waals surface area contributed by atoms with Crippen molar-refractivity contribution in [1.29, 1.82) is 0 Å². The van der Waals surface area contributed by atoms with E-state index in [2.05, 4.69) is 25.8 Å². The van der Waals surface area contributed by atoms with Gasteiger partial charge in [-0.1, -0.05) is 0 Å². The zero-order chi connectivity index (χ0) is 15.2. The molecular formula is C13H17BrFN3O3. The summed E-state index contributed by atoms with van der Waals surface area (Å²) in [6.07, 6.45) is 2.92. The highest BCUT2D eigenvalue weighted by molar-refractivity contribution is 9.10. The van der Waals surface area contributed by atoms with Gasteiger partial charge in [-0.3, -0.25) is 10.1 Å². The van der Waals surface area contributed by atoms with E-state index in [0.29, 0.717) is 30.5 Å². The van der Waals surface area contributed by atoms with E-state index in [0.717, 1.165) is 19.5 Å². The van der Waals surface area contributed by atoms with Crippen molar-refractivity contribution in [3.63, 3.8) is 0 Å². The van der Waals surface area contributed by atoms with E-state index < -0.39 is 11.1 Å². The smallest absolute Gasteiger partial charge is 0.332 e. The van der Waals surface area contributed by atoms with Crippen LogP contribution in [0.25, 0.3) is 0 Å². The van der Waals surface area contributed by atoms with Gasteiger partial charge in [-0.15, -0.1) is 0 Å². The van der Waals surface area contributed by atoms with Crippen LogP contribution in [0.4, 0.5) is 10.1 Å². The summed E-state index contributed by atoms with van der Waals surface area (Å²) in [5.41, 5.74) is -0.161. The van der Waals surface area contributed by atoms with Crippen LogP contribution in [0.15, 0.2) is 16.7 Å². The van der Waals surface area contributed by atoms with Crippen LogP contribution >= 0.6 is 15.9 Å². The van der Waals surface area contributed by atoms with Gasteiger partial charge in [0.15, 0.2) is 0 Å². The Bertz CT molecular complexity index is 504. The number of rotatable bonds is 6. The minimum absolute atomic E-state index is 0.0187. The number of hydrogen-bond acceptors (Lipinski definition) is 5. The van der Waals surface area contributed by atoms with E-state index in [-0.39, 0.29) is 11.6 Å². The van der Waals surface area contributed by atoms with Gasteiger partial charge in [-0.2, -0.15) is 0 Å². The molecule has 2 heterocycles. The van der Waals surface area contributed by atoms with E-state index >= 15 is 0 Å². The minimum atomic E-state index is -0.742. The van der Waals surface area contributed by atoms with E-state index in [9.17, 15) is 14.5 Å². The highest BCUT2D eigenvalue weighted by Gasteiger charge is 2.19. The number of hydrogen-bond donors (Lipinski definition) is 0. The summed E-state index contributed by atoms with van der Waals surface area (Å²) in [7, 11) is 0. The van der Waals surface area contributed by atoms with Crippen molar-refractivity contribution < 1.29 is 14.1 Å². The number of halogens is 2. The van der Waals surface area contributed by atoms with Crippen molar-refractivity contribution >= 4 is 21.6 Å². The molecule has 1 aromatic heterocycles. The predicted octanol–water partition coefficient (Wildman–Crippen LogP) is 2.96. The van der Waals surface area contributed by atoms with Crippen molar-refractivity contribution in [1.82, 2.24) is 9.88 Å². The number of alkyl halides is 1. The molecule has 0 spiro atoms. The van der Waals surface area contributed by atoms with Crippen LogP contribution < -0.4 is 4.74 Å². The van der Waals surface area contributed by atoms with Crippen molar-refractivity contribution in [3.05, 3.63) is 26.9 Å². The second-order valence-corrected chi connectivity index (χ2v) is 5.89. The molecule has 1 aromatic rings. The zero-order valence-electron chi connectivity index (χ0n) is 11.5. The number of nitro groups is 1. The van der Waals surface area contributed by atoms with Gasteiger partial charge in [-0.05, 0) is 41.7 Å². The molecule has 0 aromatic carbocycles. The van der Waals surface area contributed by atoms with Gasteiger partial charge in [0.2, 0.25) is 0 Å². The first kappa shape index (κ1) is 16.1. The third kappa shape index (κ3) is 4.89. The Hall–Kier alpha value is -1.28. The molecule has 0 N–H and O–H groups in total. The fourth-order valence-electron chi connectivity index (χ4n) is 2.32. The van der Waals surface area contributed by atoms with E-state index in [1.165, 1.54) is 12.3 Å². The summed E-state index contributed by atoms with van der Waals surface area (Å²) in [5, 5.41) is 10.9. The van der Waals surface area contributed by atoms with Crippen LogP contribution in [0.1, 0.15) is 19.3 Å². The van der Waals surface area contributed by atoms with Crippen LogP contribution in [0.3, 0.4) is 0 Å². The van der Waals surface area contributed by atoms with Crippen molar-refractivity contribution in [2.45, 2.75) is 25.4 Å². The van der Waals surface area contributed by atoms with Gasteiger partial charge in [0.25, 0.3) is 5.88 Å². The summed E-state index contributed by atoms with van der Waals surface area (Å²) < 4.78 is 19.1. The lowest BCUT2D eigenvalue weighted by Gasteiger charge is -2.28. The Morgan fingerprint density at radius 1 is 1.62 bits per heavy atom. The number of ether oxygens (including phenoxy) is 1. The Morgan fingerprint density at radius 2 is 2.43 bits per heavy atom. The molecule has 1 unspecified atom stereocenters. The van der Waals surface area contributed by atoms with Crippen molar-refractivity contribution in [2.24, 2.45) is 0 Å². The second kappa shape index (κ2) is 7.65. The Labute approximate surface area is 130 Å². The van der Waals surface area contributed by atoms with Gasteiger partial charge < -0.3 is 9.64 Å². The van der Waals surface area contributed by atoms with Crippen LogP contribution in [0, 0.1) is 10.1 Å². The minimum Gasteiger partial charge on any atom is -0.473 e. The normalized spacial score (nSPS) is 19.4. The van der Waals surface area contributed by atoms with Gasteiger partial charge in [0.1, 0.15) is 6.17 Å². The molecule has 2 rings (SSSR count). The van der Waals surface area contributed by atoms with Crippen molar-refractivity contribution in [2.75, 3.05) is 26.2 Å². The summed E-state index contributed by atoms with van der Waals surface area (Å²) in [6, 6.07) is 1.36. The average Bonchev–Trinajstić information content (AvgIpc) is 2.44. The molecule has 8 heteroatoms. The molecule has 21 heavy (non-hydrogen) atoms. The lowest BCUT2D eigenvalue weighted by molar-refractivity contribution is -0.386. The lowest BCUT2D eigenvalue weighted by Crippen LogP contribution is -2.37. The summed E-state index contributed by atoms with van der Waals surface area (Å²) in [4.78, 5) is 16.4. The number of aromatic nitrogens is 1. The first-order valence-electron chi connectivity index (χ1n) is 6.85. The highest BCUT2D eigenvalue weighted by Crippen LogP contribution is 2.27. The number of likely N-dealkylation sites (tertiary alicyclic amines) is 1. The summed E-state index contributed by atoms with van der Waals surface area (Å²) in [5.74, 6) is 0.0187. The monoisotopic (exact) mass is 361 g/mol. The number of nitrogens with zero attached hydrogens (tertiary/aromatic N) is 3. The zero-order valence-corrected chi connectivity index (χ0v) is 13.1. The summed E-state index contributed by atoms with van der Waals surface area (Å²) >= 11 is 3.14. The second-order valence-electron chi connectivity index (χ2n) is 4.98. The van der Waals surface area contributed by atoms with Crippen LogP contribution in [0.5, 0.6) is 5.88 Å². The third-order valence-electron chi connectivity index (χ3n) is 3.30. The molecule has 1 fully saturated rings. The Morgan fingerprint density at radius 3 is 3.14 bits per heavy atom. The quantitative estimate of drug-likeness (QED) is 0.442.